The molecule has 0 spiro atoms. The lowest BCUT2D eigenvalue weighted by molar-refractivity contribution is 0.0527. The van der Waals surface area contributed by atoms with Crippen molar-refractivity contribution in [2.75, 3.05) is 26.6 Å². The highest BCUT2D eigenvalue weighted by atomic mass is 16.5. The highest BCUT2D eigenvalue weighted by Gasteiger charge is 2.20. The molecule has 0 amide bonds. The number of ether oxygens (including phenoxy) is 3. The van der Waals surface area contributed by atoms with Gasteiger partial charge >= 0.3 is 5.97 Å². The number of esters is 1. The van der Waals surface area contributed by atoms with Crippen LogP contribution < -0.4 is 15.2 Å². The third-order valence-electron chi connectivity index (χ3n) is 4.73. The van der Waals surface area contributed by atoms with Gasteiger partial charge in [0.15, 0.2) is 23.0 Å². The molecule has 10 nitrogen and oxygen atoms in total. The van der Waals surface area contributed by atoms with Crippen LogP contribution in [0.1, 0.15) is 23.0 Å². The Morgan fingerprint density at radius 2 is 1.90 bits per heavy atom. The number of nitrogens with two attached hydrogens (primary N) is 1. The smallest absolute Gasteiger partial charge is 0.343 e. The van der Waals surface area contributed by atoms with E-state index in [2.05, 4.69) is 15.2 Å². The first-order chi connectivity index (χ1) is 15.0. The number of carbonyl (C=O) groups is 1. The summed E-state index contributed by atoms with van der Waals surface area (Å²) in [4.78, 5) is 16.7. The Labute approximate surface area is 178 Å². The fraction of sp³-hybridized carbons (Fsp3) is 0.238. The number of hydrogen-bond donors (Lipinski definition) is 1. The number of anilines is 1. The topological polar surface area (TPSA) is 119 Å². The number of fused-ring (bicyclic) bond motifs is 1. The molecule has 0 bridgehead atoms. The van der Waals surface area contributed by atoms with Gasteiger partial charge in [-0.1, -0.05) is 0 Å². The van der Waals surface area contributed by atoms with Crippen molar-refractivity contribution in [3.8, 4) is 28.6 Å². The molecular formula is C21H22N6O4. The highest BCUT2D eigenvalue weighted by molar-refractivity contribution is 5.94. The maximum atomic E-state index is 12.1. The first-order valence-electron chi connectivity index (χ1n) is 9.57. The Kier molecular flexibility index (Phi) is 5.20. The second-order valence-corrected chi connectivity index (χ2v) is 6.70. The molecule has 0 saturated heterocycles. The number of carbonyl (C=O) groups excluding carboxylic acids is 1. The maximum absolute atomic E-state index is 12.1. The molecule has 0 unspecified atom stereocenters. The number of nitrogen functional groups attached to an aromatic ring is 1. The van der Waals surface area contributed by atoms with Crippen molar-refractivity contribution >= 4 is 17.4 Å². The zero-order chi connectivity index (χ0) is 22.1. The van der Waals surface area contributed by atoms with Crippen molar-refractivity contribution in [2.24, 2.45) is 0 Å². The lowest BCUT2D eigenvalue weighted by Crippen LogP contribution is -2.12. The Hall–Kier alpha value is -4.08. The Bertz CT molecular complexity index is 1280. The number of hydrogen-bond acceptors (Lipinski definition) is 8. The molecule has 0 aliphatic heterocycles. The molecule has 0 saturated carbocycles. The van der Waals surface area contributed by atoms with Gasteiger partial charge in [0, 0.05) is 23.4 Å². The van der Waals surface area contributed by atoms with Gasteiger partial charge < -0.3 is 19.9 Å². The molecule has 0 radical (unpaired) electrons. The highest BCUT2D eigenvalue weighted by Crippen LogP contribution is 2.32. The van der Waals surface area contributed by atoms with Gasteiger partial charge in [0.05, 0.1) is 32.7 Å². The van der Waals surface area contributed by atoms with Crippen LogP contribution in [0.2, 0.25) is 0 Å². The van der Waals surface area contributed by atoms with Crippen LogP contribution in [-0.4, -0.2) is 51.2 Å². The van der Waals surface area contributed by atoms with Gasteiger partial charge in [-0.3, -0.25) is 0 Å². The van der Waals surface area contributed by atoms with Crippen molar-refractivity contribution in [3.63, 3.8) is 0 Å². The summed E-state index contributed by atoms with van der Waals surface area (Å²) >= 11 is 0. The second-order valence-electron chi connectivity index (χ2n) is 6.70. The quantitative estimate of drug-likeness (QED) is 0.471. The Morgan fingerprint density at radius 3 is 2.61 bits per heavy atom. The maximum Gasteiger partial charge on any atom is 0.343 e. The predicted molar refractivity (Wildman–Crippen MR) is 114 cm³/mol. The van der Waals surface area contributed by atoms with Crippen molar-refractivity contribution in [3.05, 3.63) is 47.8 Å². The average molecular weight is 422 g/mol. The molecule has 0 aliphatic carbocycles. The molecular weight excluding hydrogens is 400 g/mol. The second kappa shape index (κ2) is 7.98. The van der Waals surface area contributed by atoms with Crippen LogP contribution in [0.15, 0.2) is 36.5 Å². The van der Waals surface area contributed by atoms with Crippen molar-refractivity contribution in [2.45, 2.75) is 13.8 Å². The summed E-state index contributed by atoms with van der Waals surface area (Å²) in [7, 11) is 3.16. The zero-order valence-electron chi connectivity index (χ0n) is 17.6. The summed E-state index contributed by atoms with van der Waals surface area (Å²) < 4.78 is 18.8. The summed E-state index contributed by atoms with van der Waals surface area (Å²) in [6.45, 7) is 3.84. The molecule has 160 valence electrons. The van der Waals surface area contributed by atoms with Gasteiger partial charge in [-0.05, 0) is 32.0 Å². The van der Waals surface area contributed by atoms with Gasteiger partial charge in [0.2, 0.25) is 0 Å². The molecule has 3 aromatic heterocycles. The van der Waals surface area contributed by atoms with E-state index in [4.69, 9.17) is 19.9 Å². The summed E-state index contributed by atoms with van der Waals surface area (Å²) in [5.74, 6) is 1.40. The van der Waals surface area contributed by atoms with E-state index < -0.39 is 5.97 Å². The summed E-state index contributed by atoms with van der Waals surface area (Å²) in [5, 5.41) is 8.97. The molecule has 0 aliphatic rings. The van der Waals surface area contributed by atoms with Gasteiger partial charge in [0.25, 0.3) is 0 Å². The number of benzene rings is 1. The minimum Gasteiger partial charge on any atom is -0.493 e. The predicted octanol–water partition coefficient (Wildman–Crippen LogP) is 2.67. The number of rotatable bonds is 6. The molecule has 0 atom stereocenters. The van der Waals surface area contributed by atoms with E-state index in [0.717, 1.165) is 11.3 Å². The van der Waals surface area contributed by atoms with Gasteiger partial charge in [-0.25, -0.2) is 9.78 Å². The van der Waals surface area contributed by atoms with Crippen molar-refractivity contribution in [1.29, 1.82) is 0 Å². The summed E-state index contributed by atoms with van der Waals surface area (Å²) in [6, 6.07) is 9.18. The van der Waals surface area contributed by atoms with Crippen LogP contribution in [-0.2, 0) is 4.74 Å². The number of aromatic nitrogens is 5. The molecule has 3 heterocycles. The van der Waals surface area contributed by atoms with Gasteiger partial charge in [0.1, 0.15) is 11.4 Å². The van der Waals surface area contributed by atoms with Crippen LogP contribution in [0.5, 0.6) is 11.5 Å². The number of aryl methyl sites for hydroxylation is 1. The summed E-state index contributed by atoms with van der Waals surface area (Å²) in [6.07, 6.45) is 1.38. The lowest BCUT2D eigenvalue weighted by Gasteiger charge is -2.09. The molecule has 0 fully saturated rings. The summed E-state index contributed by atoms with van der Waals surface area (Å²) in [5.41, 5.74) is 9.25. The van der Waals surface area contributed by atoms with E-state index in [9.17, 15) is 4.79 Å². The standard InChI is InChI=1S/C21H22N6O4/c1-5-31-21(28)14-11-23-27(20(14)22)19-8-12(2)24-18-10-15(25-26(18)19)13-6-7-16(29-3)17(9-13)30-4/h6-11H,5,22H2,1-4H3. The molecule has 4 rings (SSSR count). The minimum atomic E-state index is -0.528. The van der Waals surface area contributed by atoms with E-state index in [0.29, 0.717) is 28.7 Å². The van der Waals surface area contributed by atoms with Crippen molar-refractivity contribution < 1.29 is 19.0 Å². The average Bonchev–Trinajstić information content (AvgIpc) is 3.36. The van der Waals surface area contributed by atoms with Crippen LogP contribution in [0, 0.1) is 6.92 Å². The van der Waals surface area contributed by atoms with E-state index in [-0.39, 0.29) is 18.0 Å². The van der Waals surface area contributed by atoms with E-state index in [1.54, 1.807) is 31.7 Å². The molecule has 10 heteroatoms. The molecule has 1 aromatic carbocycles. The van der Waals surface area contributed by atoms with Crippen molar-refractivity contribution in [1.82, 2.24) is 24.4 Å². The lowest BCUT2D eigenvalue weighted by atomic mass is 10.1. The normalized spacial score (nSPS) is 11.0. The molecule has 4 aromatic rings. The SMILES string of the molecule is CCOC(=O)c1cnn(-c2cc(C)nc3cc(-c4ccc(OC)c(OC)c4)nn23)c1N. The van der Waals surface area contributed by atoms with Crippen LogP contribution in [0.3, 0.4) is 0 Å². The largest absolute Gasteiger partial charge is 0.493 e. The fourth-order valence-electron chi connectivity index (χ4n) is 3.27. The van der Waals surface area contributed by atoms with Gasteiger partial charge in [-0.2, -0.15) is 19.4 Å². The molecule has 2 N–H and O–H groups in total. The van der Waals surface area contributed by atoms with Gasteiger partial charge in [-0.15, -0.1) is 0 Å². The van der Waals surface area contributed by atoms with E-state index in [1.165, 1.54) is 10.9 Å². The number of methoxy groups -OCH3 is 2. The van der Waals surface area contributed by atoms with E-state index >= 15 is 0 Å². The Morgan fingerprint density at radius 1 is 1.13 bits per heavy atom. The third-order valence-corrected chi connectivity index (χ3v) is 4.73. The van der Waals surface area contributed by atoms with E-state index in [1.807, 2.05) is 31.2 Å². The minimum absolute atomic E-state index is 0.161. The first-order valence-corrected chi connectivity index (χ1v) is 9.57. The molecule has 31 heavy (non-hydrogen) atoms. The fourth-order valence-corrected chi connectivity index (χ4v) is 3.27. The first kappa shape index (κ1) is 20.2. The van der Waals surface area contributed by atoms with Crippen LogP contribution >= 0.6 is 0 Å². The Balaban J connectivity index is 1.84. The van der Waals surface area contributed by atoms with Crippen LogP contribution in [0.4, 0.5) is 5.82 Å². The zero-order valence-corrected chi connectivity index (χ0v) is 17.6. The number of nitrogens with zero attached hydrogens (tertiary/aromatic N) is 5. The third kappa shape index (κ3) is 3.52. The van der Waals surface area contributed by atoms with Crippen LogP contribution in [0.25, 0.3) is 22.7 Å². The monoisotopic (exact) mass is 422 g/mol.